The van der Waals surface area contributed by atoms with Crippen LogP contribution in [0, 0.1) is 0 Å². The molecule has 0 aliphatic carbocycles. The SMILES string of the molecule is O=S1(=O)N[C@H](Cc2ccccc2)COc2cccc(N3CCCC3)c21. The lowest BCUT2D eigenvalue weighted by atomic mass is 10.1. The van der Waals surface area contributed by atoms with E-state index in [4.69, 9.17) is 4.74 Å². The summed E-state index contributed by atoms with van der Waals surface area (Å²) < 4.78 is 34.9. The molecule has 6 heteroatoms. The zero-order valence-corrected chi connectivity index (χ0v) is 14.8. The van der Waals surface area contributed by atoms with Gasteiger partial charge in [0.2, 0.25) is 10.0 Å². The zero-order chi connectivity index (χ0) is 17.3. The van der Waals surface area contributed by atoms with Crippen LogP contribution in [-0.4, -0.2) is 34.2 Å². The number of benzene rings is 2. The average molecular weight is 358 g/mol. The first-order chi connectivity index (χ1) is 12.1. The Hall–Kier alpha value is -2.05. The molecule has 2 aromatic carbocycles. The minimum absolute atomic E-state index is 0.285. The summed E-state index contributed by atoms with van der Waals surface area (Å²) in [5, 5.41) is 0. The predicted octanol–water partition coefficient (Wildman–Crippen LogP) is 2.57. The predicted molar refractivity (Wildman–Crippen MR) is 97.6 cm³/mol. The molecule has 0 radical (unpaired) electrons. The Balaban J connectivity index is 1.66. The highest BCUT2D eigenvalue weighted by Gasteiger charge is 2.33. The lowest BCUT2D eigenvalue weighted by Gasteiger charge is -2.21. The number of nitrogens with zero attached hydrogens (tertiary/aromatic N) is 1. The van der Waals surface area contributed by atoms with Gasteiger partial charge in [0.05, 0.1) is 11.7 Å². The molecular weight excluding hydrogens is 336 g/mol. The van der Waals surface area contributed by atoms with Gasteiger partial charge in [0.25, 0.3) is 0 Å². The van der Waals surface area contributed by atoms with E-state index in [0.29, 0.717) is 18.8 Å². The Morgan fingerprint density at radius 2 is 1.80 bits per heavy atom. The van der Waals surface area contributed by atoms with E-state index in [2.05, 4.69) is 9.62 Å². The Labute approximate surface area is 148 Å². The fourth-order valence-corrected chi connectivity index (χ4v) is 5.17. The first kappa shape index (κ1) is 16.4. The van der Waals surface area contributed by atoms with Gasteiger partial charge in [-0.15, -0.1) is 0 Å². The maximum absolute atomic E-state index is 13.1. The van der Waals surface area contributed by atoms with Crippen LogP contribution in [0.4, 0.5) is 5.69 Å². The number of nitrogens with one attached hydrogen (secondary N) is 1. The molecule has 0 saturated carbocycles. The summed E-state index contributed by atoms with van der Waals surface area (Å²) in [7, 11) is -3.63. The standard InChI is InChI=1S/C19H22N2O3S/c22-25(23)19-17(21-11-4-5-12-21)9-6-10-18(19)24-14-16(20-25)13-15-7-2-1-3-8-15/h1-3,6-10,16,20H,4-5,11-14H2/t16-/m1/s1. The summed E-state index contributed by atoms with van der Waals surface area (Å²) in [4.78, 5) is 2.42. The smallest absolute Gasteiger partial charge is 0.246 e. The van der Waals surface area contributed by atoms with Gasteiger partial charge in [-0.2, -0.15) is 0 Å². The number of rotatable bonds is 3. The fourth-order valence-electron chi connectivity index (χ4n) is 3.60. The van der Waals surface area contributed by atoms with Crippen LogP contribution in [0.15, 0.2) is 53.4 Å². The summed E-state index contributed by atoms with van der Waals surface area (Å²) in [6.07, 6.45) is 2.79. The number of fused-ring (bicyclic) bond motifs is 1. The summed E-state index contributed by atoms with van der Waals surface area (Å²) in [5.41, 5.74) is 1.84. The molecule has 1 atom stereocenters. The van der Waals surface area contributed by atoms with Crippen LogP contribution in [0.5, 0.6) is 5.75 Å². The molecule has 4 rings (SSSR count). The maximum Gasteiger partial charge on any atom is 0.246 e. The third-order valence-electron chi connectivity index (χ3n) is 4.76. The van der Waals surface area contributed by atoms with Crippen molar-refractivity contribution in [1.82, 2.24) is 4.72 Å². The monoisotopic (exact) mass is 358 g/mol. The molecule has 0 aromatic heterocycles. The minimum Gasteiger partial charge on any atom is -0.490 e. The van der Waals surface area contributed by atoms with Crippen molar-refractivity contribution >= 4 is 15.7 Å². The second kappa shape index (κ2) is 6.69. The molecule has 0 spiro atoms. The number of hydrogen-bond acceptors (Lipinski definition) is 4. The summed E-state index contributed by atoms with van der Waals surface area (Å²) >= 11 is 0. The largest absolute Gasteiger partial charge is 0.490 e. The molecular formula is C19H22N2O3S. The quantitative estimate of drug-likeness (QED) is 0.916. The van der Waals surface area contributed by atoms with Crippen molar-refractivity contribution in [2.24, 2.45) is 0 Å². The van der Waals surface area contributed by atoms with Crippen LogP contribution >= 0.6 is 0 Å². The van der Waals surface area contributed by atoms with Gasteiger partial charge in [0, 0.05) is 13.1 Å². The third-order valence-corrected chi connectivity index (χ3v) is 6.35. The normalized spacial score (nSPS) is 22.1. The molecule has 5 nitrogen and oxygen atoms in total. The summed E-state index contributed by atoms with van der Waals surface area (Å²) in [6, 6.07) is 15.1. The second-order valence-electron chi connectivity index (χ2n) is 6.62. The van der Waals surface area contributed by atoms with Gasteiger partial charge in [-0.3, -0.25) is 0 Å². The molecule has 132 valence electrons. The molecule has 0 unspecified atom stereocenters. The number of anilines is 1. The van der Waals surface area contributed by atoms with Gasteiger partial charge in [0.15, 0.2) is 0 Å². The number of hydrogen-bond donors (Lipinski definition) is 1. The Bertz CT molecular complexity index is 846. The van der Waals surface area contributed by atoms with E-state index < -0.39 is 10.0 Å². The molecule has 2 aliphatic heterocycles. The Kier molecular flexibility index (Phi) is 4.39. The van der Waals surface area contributed by atoms with Gasteiger partial charge in [-0.05, 0) is 37.0 Å². The topological polar surface area (TPSA) is 58.6 Å². The van der Waals surface area contributed by atoms with E-state index in [-0.39, 0.29) is 10.9 Å². The third kappa shape index (κ3) is 3.37. The van der Waals surface area contributed by atoms with Gasteiger partial charge >= 0.3 is 0 Å². The van der Waals surface area contributed by atoms with Crippen LogP contribution in [0.3, 0.4) is 0 Å². The summed E-state index contributed by atoms with van der Waals surface area (Å²) in [6.45, 7) is 2.10. The van der Waals surface area contributed by atoms with E-state index in [9.17, 15) is 8.42 Å². The number of ether oxygens (including phenoxy) is 1. The molecule has 1 N–H and O–H groups in total. The average Bonchev–Trinajstić information content (AvgIpc) is 3.10. The van der Waals surface area contributed by atoms with Crippen molar-refractivity contribution in [3.8, 4) is 5.75 Å². The lowest BCUT2D eigenvalue weighted by Crippen LogP contribution is -2.38. The van der Waals surface area contributed by atoms with E-state index in [1.54, 1.807) is 6.07 Å². The minimum atomic E-state index is -3.63. The highest BCUT2D eigenvalue weighted by Crippen LogP contribution is 2.37. The molecule has 0 amide bonds. The van der Waals surface area contributed by atoms with E-state index in [1.807, 2.05) is 42.5 Å². The first-order valence-electron chi connectivity index (χ1n) is 8.70. The lowest BCUT2D eigenvalue weighted by molar-refractivity contribution is 0.279. The van der Waals surface area contributed by atoms with Gasteiger partial charge < -0.3 is 9.64 Å². The van der Waals surface area contributed by atoms with E-state index in [0.717, 1.165) is 37.2 Å². The fraction of sp³-hybridized carbons (Fsp3) is 0.368. The molecule has 2 aliphatic rings. The zero-order valence-electron chi connectivity index (χ0n) is 14.0. The van der Waals surface area contributed by atoms with Gasteiger partial charge in [-0.25, -0.2) is 13.1 Å². The number of sulfonamides is 1. The van der Waals surface area contributed by atoms with Crippen LogP contribution < -0.4 is 14.4 Å². The Morgan fingerprint density at radius 1 is 1.04 bits per heavy atom. The maximum atomic E-state index is 13.1. The Morgan fingerprint density at radius 3 is 2.56 bits per heavy atom. The van der Waals surface area contributed by atoms with Crippen LogP contribution in [0.2, 0.25) is 0 Å². The highest BCUT2D eigenvalue weighted by molar-refractivity contribution is 7.89. The van der Waals surface area contributed by atoms with Crippen LogP contribution in [-0.2, 0) is 16.4 Å². The van der Waals surface area contributed by atoms with Crippen molar-refractivity contribution in [1.29, 1.82) is 0 Å². The van der Waals surface area contributed by atoms with Crippen molar-refractivity contribution in [2.45, 2.75) is 30.2 Å². The summed E-state index contributed by atoms with van der Waals surface area (Å²) in [5.74, 6) is 0.451. The van der Waals surface area contributed by atoms with Gasteiger partial charge in [0.1, 0.15) is 17.3 Å². The van der Waals surface area contributed by atoms with Crippen molar-refractivity contribution in [3.63, 3.8) is 0 Å². The van der Waals surface area contributed by atoms with Crippen molar-refractivity contribution in [2.75, 3.05) is 24.6 Å². The van der Waals surface area contributed by atoms with Crippen LogP contribution in [0.1, 0.15) is 18.4 Å². The molecule has 0 bridgehead atoms. The van der Waals surface area contributed by atoms with Gasteiger partial charge in [-0.1, -0.05) is 36.4 Å². The molecule has 1 fully saturated rings. The van der Waals surface area contributed by atoms with E-state index >= 15 is 0 Å². The van der Waals surface area contributed by atoms with Crippen molar-refractivity contribution in [3.05, 3.63) is 54.1 Å². The van der Waals surface area contributed by atoms with Crippen LogP contribution in [0.25, 0.3) is 0 Å². The molecule has 1 saturated heterocycles. The molecule has 2 aromatic rings. The van der Waals surface area contributed by atoms with E-state index in [1.165, 1.54) is 0 Å². The first-order valence-corrected chi connectivity index (χ1v) is 10.2. The second-order valence-corrected chi connectivity index (χ2v) is 8.27. The molecule has 25 heavy (non-hydrogen) atoms. The van der Waals surface area contributed by atoms with Crippen molar-refractivity contribution < 1.29 is 13.2 Å². The highest BCUT2D eigenvalue weighted by atomic mass is 32.2. The molecule has 2 heterocycles.